The van der Waals surface area contributed by atoms with Crippen molar-refractivity contribution in [2.24, 2.45) is 5.92 Å². The average molecular weight is 254 g/mol. The molecule has 0 radical (unpaired) electrons. The van der Waals surface area contributed by atoms with E-state index in [1.807, 2.05) is 7.05 Å². The van der Waals surface area contributed by atoms with E-state index >= 15 is 0 Å². The number of rotatable bonds is 4. The Balaban J connectivity index is 2.58. The summed E-state index contributed by atoms with van der Waals surface area (Å²) in [6.07, 6.45) is 3.71. The van der Waals surface area contributed by atoms with Crippen LogP contribution in [0.25, 0.3) is 0 Å². The summed E-state index contributed by atoms with van der Waals surface area (Å²) in [5.74, 6) is 0.291. The van der Waals surface area contributed by atoms with Crippen LogP contribution in [0.1, 0.15) is 39.5 Å². The van der Waals surface area contributed by atoms with E-state index in [0.29, 0.717) is 0 Å². The van der Waals surface area contributed by atoms with Crippen LogP contribution in [-0.2, 0) is 4.79 Å². The van der Waals surface area contributed by atoms with E-state index in [1.54, 1.807) is 6.92 Å². The number of nitrogens with zero attached hydrogens (tertiary/aromatic N) is 1. The molecule has 5 heteroatoms. The minimum absolute atomic E-state index is 0.00588. The molecule has 0 atom stereocenters. The summed E-state index contributed by atoms with van der Waals surface area (Å²) >= 11 is 0. The molecular weight excluding hydrogens is 228 g/mol. The molecule has 0 spiro atoms. The van der Waals surface area contributed by atoms with Crippen molar-refractivity contribution in [2.45, 2.75) is 45.2 Å². The Labute approximate surface area is 110 Å². The number of carbonyl (C=O) groups is 1. The molecule has 0 unspecified atom stereocenters. The number of carbonyl (C=O) groups excluding carboxylic acids is 1. The molecule has 1 aliphatic rings. The van der Waals surface area contributed by atoms with E-state index in [1.165, 1.54) is 0 Å². The van der Waals surface area contributed by atoms with Crippen molar-refractivity contribution < 1.29 is 4.79 Å². The highest BCUT2D eigenvalue weighted by Gasteiger charge is 2.38. The maximum absolute atomic E-state index is 11.9. The van der Waals surface area contributed by atoms with Crippen molar-refractivity contribution in [3.8, 4) is 0 Å². The second kappa shape index (κ2) is 6.29. The molecule has 104 valence electrons. The first kappa shape index (κ1) is 15.1. The predicted molar refractivity (Wildman–Crippen MR) is 73.6 cm³/mol. The molecule has 0 aromatic rings. The quantitative estimate of drug-likeness (QED) is 0.400. The van der Waals surface area contributed by atoms with Gasteiger partial charge in [-0.2, -0.15) is 0 Å². The Morgan fingerprint density at radius 3 is 2.39 bits per heavy atom. The second-order valence-electron chi connectivity index (χ2n) is 5.18. The molecule has 0 aliphatic heterocycles. The zero-order valence-electron chi connectivity index (χ0n) is 12.0. The SMILES string of the molecule is CCN(C)C1(NC)CCC(C(=O)NC(C)=N)CC1. The fourth-order valence-corrected chi connectivity index (χ4v) is 2.77. The van der Waals surface area contributed by atoms with E-state index in [4.69, 9.17) is 5.41 Å². The molecule has 0 bridgehead atoms. The first-order valence-electron chi connectivity index (χ1n) is 6.71. The van der Waals surface area contributed by atoms with Gasteiger partial charge in [0.1, 0.15) is 0 Å². The van der Waals surface area contributed by atoms with Gasteiger partial charge in [0.15, 0.2) is 0 Å². The van der Waals surface area contributed by atoms with E-state index in [-0.39, 0.29) is 23.3 Å². The number of hydrogen-bond acceptors (Lipinski definition) is 4. The number of nitrogens with one attached hydrogen (secondary N) is 3. The normalized spacial score (nSPS) is 28.2. The van der Waals surface area contributed by atoms with E-state index in [9.17, 15) is 4.79 Å². The number of amidine groups is 1. The number of amides is 1. The number of hydrogen-bond donors (Lipinski definition) is 3. The van der Waals surface area contributed by atoms with Gasteiger partial charge in [-0.15, -0.1) is 0 Å². The van der Waals surface area contributed by atoms with Gasteiger partial charge in [0.2, 0.25) is 5.91 Å². The summed E-state index contributed by atoms with van der Waals surface area (Å²) in [5.41, 5.74) is 0.0330. The molecule has 1 saturated carbocycles. The molecule has 18 heavy (non-hydrogen) atoms. The molecule has 1 rings (SSSR count). The van der Waals surface area contributed by atoms with Gasteiger partial charge in [-0.1, -0.05) is 6.92 Å². The zero-order valence-corrected chi connectivity index (χ0v) is 12.0. The van der Waals surface area contributed by atoms with Gasteiger partial charge in [-0.3, -0.25) is 15.1 Å². The van der Waals surface area contributed by atoms with Crippen LogP contribution in [0.5, 0.6) is 0 Å². The van der Waals surface area contributed by atoms with Crippen LogP contribution in [0.15, 0.2) is 0 Å². The van der Waals surface area contributed by atoms with E-state index < -0.39 is 0 Å². The molecule has 3 N–H and O–H groups in total. The van der Waals surface area contributed by atoms with Gasteiger partial charge >= 0.3 is 0 Å². The van der Waals surface area contributed by atoms with Gasteiger partial charge in [-0.05, 0) is 53.2 Å². The summed E-state index contributed by atoms with van der Waals surface area (Å²) in [7, 11) is 4.12. The van der Waals surface area contributed by atoms with Crippen molar-refractivity contribution in [2.75, 3.05) is 20.6 Å². The first-order valence-corrected chi connectivity index (χ1v) is 6.71. The summed E-state index contributed by atoms with van der Waals surface area (Å²) in [4.78, 5) is 14.2. The molecule has 0 heterocycles. The van der Waals surface area contributed by atoms with Gasteiger partial charge in [0.25, 0.3) is 0 Å². The van der Waals surface area contributed by atoms with Gasteiger partial charge in [-0.25, -0.2) is 0 Å². The Kier molecular flexibility index (Phi) is 5.28. The molecular formula is C13H26N4O. The standard InChI is InChI=1S/C13H26N4O/c1-5-17(4)13(15-3)8-6-11(7-9-13)12(18)16-10(2)14/h11,15H,5-9H2,1-4H3,(H2,14,16,18). The van der Waals surface area contributed by atoms with Crippen LogP contribution in [0, 0.1) is 11.3 Å². The van der Waals surface area contributed by atoms with Gasteiger partial charge < -0.3 is 10.6 Å². The molecule has 1 amide bonds. The highest BCUT2D eigenvalue weighted by Crippen LogP contribution is 2.33. The first-order chi connectivity index (χ1) is 8.45. The fraction of sp³-hybridized carbons (Fsp3) is 0.846. The Morgan fingerprint density at radius 2 is 2.00 bits per heavy atom. The van der Waals surface area contributed by atoms with E-state index in [2.05, 4.69) is 29.5 Å². The monoisotopic (exact) mass is 254 g/mol. The van der Waals surface area contributed by atoms with Gasteiger partial charge in [0.05, 0.1) is 11.5 Å². The Bertz CT molecular complexity index is 308. The third-order valence-electron chi connectivity index (χ3n) is 4.16. The Hall–Kier alpha value is -0.940. The third-order valence-corrected chi connectivity index (χ3v) is 4.16. The smallest absolute Gasteiger partial charge is 0.228 e. The summed E-state index contributed by atoms with van der Waals surface area (Å²) in [6.45, 7) is 4.75. The van der Waals surface area contributed by atoms with Crippen molar-refractivity contribution >= 4 is 11.7 Å². The lowest BCUT2D eigenvalue weighted by atomic mass is 9.80. The van der Waals surface area contributed by atoms with Crippen LogP contribution in [0.3, 0.4) is 0 Å². The lowest BCUT2D eigenvalue weighted by molar-refractivity contribution is -0.125. The highest BCUT2D eigenvalue weighted by molar-refractivity contribution is 5.96. The molecule has 1 aliphatic carbocycles. The lowest BCUT2D eigenvalue weighted by Gasteiger charge is -2.45. The lowest BCUT2D eigenvalue weighted by Crippen LogP contribution is -2.58. The van der Waals surface area contributed by atoms with E-state index in [0.717, 1.165) is 32.2 Å². The van der Waals surface area contributed by atoms with Crippen LogP contribution in [0.4, 0.5) is 0 Å². The maximum Gasteiger partial charge on any atom is 0.228 e. The fourth-order valence-electron chi connectivity index (χ4n) is 2.77. The molecule has 0 aromatic heterocycles. The summed E-state index contributed by atoms with van der Waals surface area (Å²) in [6, 6.07) is 0. The predicted octanol–water partition coefficient (Wildman–Crippen LogP) is 1.16. The largest absolute Gasteiger partial charge is 0.315 e. The zero-order chi connectivity index (χ0) is 13.8. The minimum atomic E-state index is 0.00588. The molecule has 0 saturated heterocycles. The minimum Gasteiger partial charge on any atom is -0.315 e. The second-order valence-corrected chi connectivity index (χ2v) is 5.18. The highest BCUT2D eigenvalue weighted by atomic mass is 16.1. The summed E-state index contributed by atoms with van der Waals surface area (Å²) in [5, 5.41) is 13.3. The average Bonchev–Trinajstić information content (AvgIpc) is 2.37. The van der Waals surface area contributed by atoms with Crippen molar-refractivity contribution in [3.05, 3.63) is 0 Å². The molecule has 1 fully saturated rings. The van der Waals surface area contributed by atoms with Crippen LogP contribution < -0.4 is 10.6 Å². The van der Waals surface area contributed by atoms with Crippen LogP contribution in [-0.4, -0.2) is 42.9 Å². The summed E-state index contributed by atoms with van der Waals surface area (Å²) < 4.78 is 0. The molecule has 0 aromatic carbocycles. The molecule has 5 nitrogen and oxygen atoms in total. The van der Waals surface area contributed by atoms with Crippen molar-refractivity contribution in [1.29, 1.82) is 5.41 Å². The van der Waals surface area contributed by atoms with Crippen LogP contribution >= 0.6 is 0 Å². The van der Waals surface area contributed by atoms with Gasteiger partial charge in [0, 0.05) is 5.92 Å². The Morgan fingerprint density at radius 1 is 1.44 bits per heavy atom. The maximum atomic E-state index is 11.9. The van der Waals surface area contributed by atoms with Crippen molar-refractivity contribution in [3.63, 3.8) is 0 Å². The topological polar surface area (TPSA) is 68.2 Å². The van der Waals surface area contributed by atoms with Crippen molar-refractivity contribution in [1.82, 2.24) is 15.5 Å². The van der Waals surface area contributed by atoms with Crippen LogP contribution in [0.2, 0.25) is 0 Å². The third kappa shape index (κ3) is 3.29.